The van der Waals surface area contributed by atoms with Crippen molar-refractivity contribution < 1.29 is 0 Å². The molecule has 0 aliphatic rings. The van der Waals surface area contributed by atoms with Crippen LogP contribution in [0.2, 0.25) is 0 Å². The highest BCUT2D eigenvalue weighted by Crippen LogP contribution is 2.23. The van der Waals surface area contributed by atoms with Crippen LogP contribution in [0.5, 0.6) is 0 Å². The molecule has 0 atom stereocenters. The highest BCUT2D eigenvalue weighted by atomic mass is 15.2. The number of benzene rings is 2. The first-order valence-corrected chi connectivity index (χ1v) is 6.52. The van der Waals surface area contributed by atoms with Crippen LogP contribution in [0.4, 0.5) is 5.69 Å². The number of para-hydroxylation sites is 1. The van der Waals surface area contributed by atoms with Crippen molar-refractivity contribution in [2.75, 3.05) is 4.90 Å². The van der Waals surface area contributed by atoms with Crippen LogP contribution in [0.1, 0.15) is 25.0 Å². The van der Waals surface area contributed by atoms with Gasteiger partial charge in [0, 0.05) is 12.6 Å². The van der Waals surface area contributed by atoms with Crippen LogP contribution >= 0.6 is 0 Å². The Balaban J connectivity index is 2.33. The van der Waals surface area contributed by atoms with Crippen LogP contribution < -0.4 is 4.90 Å². The van der Waals surface area contributed by atoms with Crippen molar-refractivity contribution in [3.63, 3.8) is 0 Å². The average molecular weight is 250 g/mol. The monoisotopic (exact) mass is 250 g/mol. The second-order valence-electron chi connectivity index (χ2n) is 4.84. The van der Waals surface area contributed by atoms with E-state index in [4.69, 9.17) is 0 Å². The molecule has 0 bridgehead atoms. The Morgan fingerprint density at radius 1 is 1.00 bits per heavy atom. The van der Waals surface area contributed by atoms with Crippen LogP contribution in [-0.4, -0.2) is 6.04 Å². The molecule has 96 valence electrons. The van der Waals surface area contributed by atoms with E-state index in [2.05, 4.69) is 36.9 Å². The highest BCUT2D eigenvalue weighted by molar-refractivity contribution is 5.59. The minimum absolute atomic E-state index is 0.342. The Bertz CT molecular complexity index is 567. The number of nitriles is 1. The smallest absolute Gasteiger partial charge is 0.101 e. The van der Waals surface area contributed by atoms with Gasteiger partial charge >= 0.3 is 0 Å². The highest BCUT2D eigenvalue weighted by Gasteiger charge is 2.14. The van der Waals surface area contributed by atoms with Gasteiger partial charge in [0.25, 0.3) is 0 Å². The van der Waals surface area contributed by atoms with Crippen molar-refractivity contribution in [3.8, 4) is 6.07 Å². The van der Waals surface area contributed by atoms with Crippen LogP contribution in [0.25, 0.3) is 0 Å². The lowest BCUT2D eigenvalue weighted by Gasteiger charge is -2.30. The summed E-state index contributed by atoms with van der Waals surface area (Å²) < 4.78 is 0. The topological polar surface area (TPSA) is 27.0 Å². The molecule has 0 saturated carbocycles. The van der Waals surface area contributed by atoms with Gasteiger partial charge in [-0.2, -0.15) is 5.26 Å². The third kappa shape index (κ3) is 3.14. The van der Waals surface area contributed by atoms with E-state index in [9.17, 15) is 5.26 Å². The summed E-state index contributed by atoms with van der Waals surface area (Å²) in [5, 5.41) is 9.24. The average Bonchev–Trinajstić information content (AvgIpc) is 2.45. The summed E-state index contributed by atoms with van der Waals surface area (Å²) in [7, 11) is 0. The predicted octanol–water partition coefficient (Wildman–Crippen LogP) is 3.97. The number of nitrogens with zero attached hydrogens (tertiary/aromatic N) is 2. The molecule has 2 aromatic carbocycles. The standard InChI is InChI=1S/C17H18N2/c1-14(2)19(13-15-8-4-3-5-9-15)17-11-7-6-10-16(17)12-18/h3-11,14H,13H2,1-2H3. The summed E-state index contributed by atoms with van der Waals surface area (Å²) >= 11 is 0. The molecule has 0 unspecified atom stereocenters. The van der Waals surface area contributed by atoms with E-state index in [0.717, 1.165) is 17.8 Å². The molecule has 0 spiro atoms. The van der Waals surface area contributed by atoms with E-state index in [1.807, 2.05) is 42.5 Å². The third-order valence-electron chi connectivity index (χ3n) is 3.15. The first-order chi connectivity index (χ1) is 9.22. The minimum Gasteiger partial charge on any atom is -0.364 e. The molecule has 0 N–H and O–H groups in total. The Hall–Kier alpha value is -2.27. The third-order valence-corrected chi connectivity index (χ3v) is 3.15. The fourth-order valence-corrected chi connectivity index (χ4v) is 2.14. The zero-order chi connectivity index (χ0) is 13.7. The van der Waals surface area contributed by atoms with Gasteiger partial charge in [0.15, 0.2) is 0 Å². The summed E-state index contributed by atoms with van der Waals surface area (Å²) in [4.78, 5) is 2.26. The molecule has 0 fully saturated rings. The van der Waals surface area contributed by atoms with Crippen LogP contribution in [0.15, 0.2) is 54.6 Å². The fourth-order valence-electron chi connectivity index (χ4n) is 2.14. The summed E-state index contributed by atoms with van der Waals surface area (Å²) in [5.74, 6) is 0. The van der Waals surface area contributed by atoms with Gasteiger partial charge in [0.05, 0.1) is 11.3 Å². The molecule has 0 aliphatic carbocycles. The van der Waals surface area contributed by atoms with Crippen LogP contribution in [0, 0.1) is 11.3 Å². The summed E-state index contributed by atoms with van der Waals surface area (Å²) in [6.45, 7) is 5.12. The molecule has 0 heterocycles. The van der Waals surface area contributed by atoms with E-state index in [0.29, 0.717) is 6.04 Å². The Kier molecular flexibility index (Phi) is 4.20. The second-order valence-corrected chi connectivity index (χ2v) is 4.84. The minimum atomic E-state index is 0.342. The van der Waals surface area contributed by atoms with E-state index in [1.165, 1.54) is 5.56 Å². The molecule has 0 saturated heterocycles. The Labute approximate surface area is 114 Å². The second kappa shape index (κ2) is 6.06. The zero-order valence-electron chi connectivity index (χ0n) is 11.4. The number of rotatable bonds is 4. The van der Waals surface area contributed by atoms with Gasteiger partial charge in [-0.15, -0.1) is 0 Å². The molecule has 19 heavy (non-hydrogen) atoms. The van der Waals surface area contributed by atoms with Gasteiger partial charge < -0.3 is 4.90 Å². The molecule has 2 nitrogen and oxygen atoms in total. The van der Waals surface area contributed by atoms with E-state index in [-0.39, 0.29) is 0 Å². The lowest BCUT2D eigenvalue weighted by molar-refractivity contribution is 0.682. The molecule has 0 amide bonds. The van der Waals surface area contributed by atoms with Gasteiger partial charge in [-0.25, -0.2) is 0 Å². The molecular formula is C17H18N2. The number of hydrogen-bond donors (Lipinski definition) is 0. The SMILES string of the molecule is CC(C)N(Cc1ccccc1)c1ccccc1C#N. The van der Waals surface area contributed by atoms with Crippen molar-refractivity contribution in [1.29, 1.82) is 5.26 Å². The van der Waals surface area contributed by atoms with Crippen LogP contribution in [0.3, 0.4) is 0 Å². The predicted molar refractivity (Wildman–Crippen MR) is 78.9 cm³/mol. The maximum Gasteiger partial charge on any atom is 0.101 e. The Morgan fingerprint density at radius 2 is 1.63 bits per heavy atom. The van der Waals surface area contributed by atoms with Crippen molar-refractivity contribution in [3.05, 3.63) is 65.7 Å². The Morgan fingerprint density at radius 3 is 2.26 bits per heavy atom. The van der Waals surface area contributed by atoms with Crippen LogP contribution in [-0.2, 0) is 6.54 Å². The van der Waals surface area contributed by atoms with E-state index >= 15 is 0 Å². The quantitative estimate of drug-likeness (QED) is 0.820. The van der Waals surface area contributed by atoms with E-state index < -0.39 is 0 Å². The van der Waals surface area contributed by atoms with Crippen molar-refractivity contribution in [2.45, 2.75) is 26.4 Å². The summed E-state index contributed by atoms with van der Waals surface area (Å²) in [5.41, 5.74) is 2.99. The van der Waals surface area contributed by atoms with Gasteiger partial charge in [-0.05, 0) is 31.5 Å². The van der Waals surface area contributed by atoms with Gasteiger partial charge in [-0.1, -0.05) is 42.5 Å². The van der Waals surface area contributed by atoms with Crippen molar-refractivity contribution in [1.82, 2.24) is 0 Å². The van der Waals surface area contributed by atoms with E-state index in [1.54, 1.807) is 0 Å². The fraction of sp³-hybridized carbons (Fsp3) is 0.235. The molecule has 0 radical (unpaired) electrons. The molecule has 0 aliphatic heterocycles. The van der Waals surface area contributed by atoms with Gasteiger partial charge in [-0.3, -0.25) is 0 Å². The molecular weight excluding hydrogens is 232 g/mol. The van der Waals surface area contributed by atoms with Crippen molar-refractivity contribution >= 4 is 5.69 Å². The summed E-state index contributed by atoms with van der Waals surface area (Å²) in [6.07, 6.45) is 0. The van der Waals surface area contributed by atoms with Crippen molar-refractivity contribution in [2.24, 2.45) is 0 Å². The summed E-state index contributed by atoms with van der Waals surface area (Å²) in [6, 6.07) is 20.7. The number of hydrogen-bond acceptors (Lipinski definition) is 2. The maximum absolute atomic E-state index is 9.24. The molecule has 2 heteroatoms. The lowest BCUT2D eigenvalue weighted by atomic mass is 10.1. The lowest BCUT2D eigenvalue weighted by Crippen LogP contribution is -2.30. The zero-order valence-corrected chi connectivity index (χ0v) is 11.4. The maximum atomic E-state index is 9.24. The molecule has 0 aromatic heterocycles. The largest absolute Gasteiger partial charge is 0.364 e. The van der Waals surface area contributed by atoms with Gasteiger partial charge in [0.2, 0.25) is 0 Å². The van der Waals surface area contributed by atoms with Gasteiger partial charge in [0.1, 0.15) is 6.07 Å². The number of anilines is 1. The normalized spacial score (nSPS) is 10.2. The first-order valence-electron chi connectivity index (χ1n) is 6.52. The molecule has 2 rings (SSSR count). The molecule has 2 aromatic rings. The first kappa shape index (κ1) is 13.2.